The summed E-state index contributed by atoms with van der Waals surface area (Å²) in [5, 5.41) is 0.574. The summed E-state index contributed by atoms with van der Waals surface area (Å²) in [5.74, 6) is 0. The van der Waals surface area contributed by atoms with Crippen LogP contribution < -0.4 is 5.56 Å². The van der Waals surface area contributed by atoms with E-state index in [2.05, 4.69) is 4.98 Å². The fraction of sp³-hybridized carbons (Fsp3) is 0.100. The number of pyridine rings is 1. The van der Waals surface area contributed by atoms with E-state index in [1.165, 1.54) is 30.5 Å². The molecule has 0 saturated carbocycles. The van der Waals surface area contributed by atoms with Crippen LogP contribution in [0.5, 0.6) is 0 Å². The maximum atomic E-state index is 12.2. The smallest absolute Gasteiger partial charge is 0.329 e. The molecule has 0 amide bonds. The zero-order valence-electron chi connectivity index (χ0n) is 7.84. The molecule has 1 heterocycles. The number of aromatic amines is 1. The Hall–Kier alpha value is -1.43. The second-order valence-electron chi connectivity index (χ2n) is 3.07. The van der Waals surface area contributed by atoms with Crippen LogP contribution in [0.4, 0.5) is 13.2 Å². The Kier molecular flexibility index (Phi) is 2.67. The van der Waals surface area contributed by atoms with Gasteiger partial charge in [0.1, 0.15) is 0 Å². The SMILES string of the molecule is O=c1[nH]ccc2c(SC(F)(F)F)cccc12. The summed E-state index contributed by atoms with van der Waals surface area (Å²) in [6.07, 6.45) is 1.34. The van der Waals surface area contributed by atoms with E-state index >= 15 is 0 Å². The molecule has 0 aliphatic heterocycles. The van der Waals surface area contributed by atoms with Gasteiger partial charge in [0.25, 0.3) is 5.56 Å². The summed E-state index contributed by atoms with van der Waals surface area (Å²) >= 11 is -0.214. The molecular weight excluding hydrogens is 239 g/mol. The van der Waals surface area contributed by atoms with Gasteiger partial charge < -0.3 is 4.98 Å². The standard InChI is InChI=1S/C10H6F3NOS/c11-10(12,13)16-8-3-1-2-7-6(8)4-5-14-9(7)15/h1-5H,(H,14,15). The minimum atomic E-state index is -4.35. The highest BCUT2D eigenvalue weighted by atomic mass is 32.2. The molecule has 1 aromatic carbocycles. The number of benzene rings is 1. The van der Waals surface area contributed by atoms with E-state index in [0.29, 0.717) is 5.39 Å². The van der Waals surface area contributed by atoms with Crippen LogP contribution in [0.3, 0.4) is 0 Å². The quantitative estimate of drug-likeness (QED) is 0.783. The highest BCUT2D eigenvalue weighted by Gasteiger charge is 2.30. The fourth-order valence-corrected chi connectivity index (χ4v) is 2.09. The van der Waals surface area contributed by atoms with Crippen molar-refractivity contribution in [2.75, 3.05) is 0 Å². The lowest BCUT2D eigenvalue weighted by molar-refractivity contribution is -0.0327. The van der Waals surface area contributed by atoms with Crippen molar-refractivity contribution in [3.8, 4) is 0 Å². The van der Waals surface area contributed by atoms with E-state index in [-0.39, 0.29) is 27.6 Å². The minimum absolute atomic E-state index is 0.0381. The molecule has 2 aromatic rings. The zero-order chi connectivity index (χ0) is 11.8. The summed E-state index contributed by atoms with van der Waals surface area (Å²) in [6.45, 7) is 0. The number of hydrogen-bond acceptors (Lipinski definition) is 2. The molecule has 2 rings (SSSR count). The first-order valence-corrected chi connectivity index (χ1v) is 5.15. The first kappa shape index (κ1) is 11.1. The lowest BCUT2D eigenvalue weighted by Crippen LogP contribution is -2.05. The Morgan fingerprint density at radius 1 is 1.12 bits per heavy atom. The molecule has 0 fully saturated rings. The average Bonchev–Trinajstić information content (AvgIpc) is 2.17. The van der Waals surface area contributed by atoms with Crippen molar-refractivity contribution >= 4 is 22.5 Å². The maximum absolute atomic E-state index is 12.2. The van der Waals surface area contributed by atoms with Gasteiger partial charge in [-0.25, -0.2) is 0 Å². The van der Waals surface area contributed by atoms with Crippen LogP contribution in [-0.2, 0) is 0 Å². The molecule has 0 aliphatic carbocycles. The van der Waals surface area contributed by atoms with Crippen LogP contribution in [0.2, 0.25) is 0 Å². The van der Waals surface area contributed by atoms with Crippen molar-refractivity contribution in [2.24, 2.45) is 0 Å². The monoisotopic (exact) mass is 245 g/mol. The average molecular weight is 245 g/mol. The molecule has 0 aliphatic rings. The predicted octanol–water partition coefficient (Wildman–Crippen LogP) is 3.14. The van der Waals surface area contributed by atoms with E-state index in [0.717, 1.165) is 0 Å². The Labute approximate surface area is 92.5 Å². The summed E-state index contributed by atoms with van der Waals surface area (Å²) in [4.78, 5) is 13.8. The number of thioether (sulfide) groups is 1. The third-order valence-electron chi connectivity index (χ3n) is 2.00. The van der Waals surface area contributed by atoms with Crippen LogP contribution >= 0.6 is 11.8 Å². The van der Waals surface area contributed by atoms with E-state index < -0.39 is 5.51 Å². The fourth-order valence-electron chi connectivity index (χ4n) is 1.41. The van der Waals surface area contributed by atoms with Gasteiger partial charge in [-0.3, -0.25) is 4.79 Å². The topological polar surface area (TPSA) is 32.9 Å². The van der Waals surface area contributed by atoms with E-state index in [1.807, 2.05) is 0 Å². The van der Waals surface area contributed by atoms with Gasteiger partial charge >= 0.3 is 5.51 Å². The Morgan fingerprint density at radius 3 is 2.56 bits per heavy atom. The molecule has 0 atom stereocenters. The molecule has 1 N–H and O–H groups in total. The van der Waals surface area contributed by atoms with Crippen molar-refractivity contribution in [2.45, 2.75) is 10.4 Å². The van der Waals surface area contributed by atoms with Crippen LogP contribution in [0.25, 0.3) is 10.8 Å². The minimum Gasteiger partial charge on any atom is -0.329 e. The Balaban J connectivity index is 2.63. The maximum Gasteiger partial charge on any atom is 0.446 e. The number of aromatic nitrogens is 1. The number of halogens is 3. The molecule has 0 bridgehead atoms. The molecule has 16 heavy (non-hydrogen) atoms. The van der Waals surface area contributed by atoms with Gasteiger partial charge in [-0.2, -0.15) is 13.2 Å². The number of H-pyrrole nitrogens is 1. The largest absolute Gasteiger partial charge is 0.446 e. The van der Waals surface area contributed by atoms with Gasteiger partial charge in [-0.15, -0.1) is 0 Å². The van der Waals surface area contributed by atoms with Gasteiger partial charge in [0.05, 0.1) is 0 Å². The van der Waals surface area contributed by atoms with Crippen molar-refractivity contribution < 1.29 is 13.2 Å². The number of alkyl halides is 3. The second kappa shape index (κ2) is 3.86. The van der Waals surface area contributed by atoms with E-state index in [9.17, 15) is 18.0 Å². The third-order valence-corrected chi connectivity index (χ3v) is 2.81. The number of fused-ring (bicyclic) bond motifs is 1. The van der Waals surface area contributed by atoms with Crippen molar-refractivity contribution in [3.63, 3.8) is 0 Å². The van der Waals surface area contributed by atoms with Crippen LogP contribution in [-0.4, -0.2) is 10.5 Å². The molecule has 2 nitrogen and oxygen atoms in total. The highest BCUT2D eigenvalue weighted by Crippen LogP contribution is 2.39. The number of rotatable bonds is 1. The lowest BCUT2D eigenvalue weighted by atomic mass is 10.2. The van der Waals surface area contributed by atoms with Gasteiger partial charge in [0.15, 0.2) is 0 Å². The summed E-state index contributed by atoms with van der Waals surface area (Å²) < 4.78 is 36.7. The zero-order valence-corrected chi connectivity index (χ0v) is 8.65. The molecule has 84 valence electrons. The Morgan fingerprint density at radius 2 is 1.88 bits per heavy atom. The molecule has 1 aromatic heterocycles. The van der Waals surface area contributed by atoms with Gasteiger partial charge in [-0.05, 0) is 30.0 Å². The lowest BCUT2D eigenvalue weighted by Gasteiger charge is -2.07. The molecular formula is C10H6F3NOS. The number of nitrogens with one attached hydrogen (secondary N) is 1. The molecule has 0 radical (unpaired) electrons. The summed E-state index contributed by atoms with van der Waals surface area (Å²) in [7, 11) is 0. The van der Waals surface area contributed by atoms with Crippen LogP contribution in [0.15, 0.2) is 40.2 Å². The van der Waals surface area contributed by atoms with E-state index in [1.54, 1.807) is 0 Å². The summed E-state index contributed by atoms with van der Waals surface area (Å²) in [6, 6.07) is 5.74. The van der Waals surface area contributed by atoms with Crippen LogP contribution in [0, 0.1) is 0 Å². The molecule has 0 unspecified atom stereocenters. The van der Waals surface area contributed by atoms with Crippen molar-refractivity contribution in [1.82, 2.24) is 4.98 Å². The predicted molar refractivity (Wildman–Crippen MR) is 56.5 cm³/mol. The first-order chi connectivity index (χ1) is 7.47. The molecule has 6 heteroatoms. The van der Waals surface area contributed by atoms with Gasteiger partial charge in [0, 0.05) is 21.9 Å². The first-order valence-electron chi connectivity index (χ1n) is 4.33. The van der Waals surface area contributed by atoms with Gasteiger partial charge in [0.2, 0.25) is 0 Å². The second-order valence-corrected chi connectivity index (χ2v) is 4.18. The Bertz CT molecular complexity index is 576. The molecule has 0 spiro atoms. The molecule has 0 saturated heterocycles. The highest BCUT2D eigenvalue weighted by molar-refractivity contribution is 8.00. The normalized spacial score (nSPS) is 11.9. The van der Waals surface area contributed by atoms with Gasteiger partial charge in [-0.1, -0.05) is 6.07 Å². The van der Waals surface area contributed by atoms with E-state index in [4.69, 9.17) is 0 Å². The van der Waals surface area contributed by atoms with Crippen molar-refractivity contribution in [1.29, 1.82) is 0 Å². The number of hydrogen-bond donors (Lipinski definition) is 1. The third kappa shape index (κ3) is 2.21. The summed E-state index contributed by atoms with van der Waals surface area (Å²) in [5.41, 5.74) is -4.74. The van der Waals surface area contributed by atoms with Crippen LogP contribution in [0.1, 0.15) is 0 Å². The van der Waals surface area contributed by atoms with Crippen molar-refractivity contribution in [3.05, 3.63) is 40.8 Å².